The fourth-order valence-corrected chi connectivity index (χ4v) is 2.06. The van der Waals surface area contributed by atoms with E-state index in [9.17, 15) is 4.79 Å². The molecule has 0 bridgehead atoms. The van der Waals surface area contributed by atoms with Crippen LogP contribution in [-0.4, -0.2) is 15.6 Å². The first-order chi connectivity index (χ1) is 7.99. The maximum absolute atomic E-state index is 11.8. The summed E-state index contributed by atoms with van der Waals surface area (Å²) in [7, 11) is 0. The van der Waals surface area contributed by atoms with E-state index >= 15 is 0 Å². The molecule has 0 N–H and O–H groups in total. The van der Waals surface area contributed by atoms with Crippen molar-refractivity contribution in [2.75, 3.05) is 0 Å². The van der Waals surface area contributed by atoms with Crippen LogP contribution in [0.3, 0.4) is 0 Å². The van der Waals surface area contributed by atoms with Gasteiger partial charge < -0.3 is 0 Å². The van der Waals surface area contributed by atoms with Crippen molar-refractivity contribution in [2.45, 2.75) is 47.1 Å². The van der Waals surface area contributed by atoms with Crippen LogP contribution in [0.25, 0.3) is 0 Å². The van der Waals surface area contributed by atoms with Crippen LogP contribution in [0, 0.1) is 0 Å². The maximum atomic E-state index is 11.8. The predicted octanol–water partition coefficient (Wildman–Crippen LogP) is 3.20. The number of nitrogens with zero attached hydrogens (tertiary/aromatic N) is 2. The highest BCUT2D eigenvalue weighted by atomic mass is 35.5. The lowest BCUT2D eigenvalue weighted by Crippen LogP contribution is -2.08. The smallest absolute Gasteiger partial charge is 0.161 e. The normalized spacial score (nSPS) is 10.4. The van der Waals surface area contributed by atoms with Gasteiger partial charge in [0, 0.05) is 6.54 Å². The first kappa shape index (κ1) is 14.0. The zero-order chi connectivity index (χ0) is 13.0. The third kappa shape index (κ3) is 3.43. The predicted molar refractivity (Wildman–Crippen MR) is 70.4 cm³/mol. The Balaban J connectivity index is 3.01. The van der Waals surface area contributed by atoms with Gasteiger partial charge in [-0.2, -0.15) is 5.10 Å². The Kier molecular flexibility index (Phi) is 4.94. The van der Waals surface area contributed by atoms with Gasteiger partial charge in [0.15, 0.2) is 5.78 Å². The number of aryl methyl sites for hydroxylation is 2. The summed E-state index contributed by atoms with van der Waals surface area (Å²) in [5.74, 6) is 0.0733. The van der Waals surface area contributed by atoms with E-state index < -0.39 is 0 Å². The summed E-state index contributed by atoms with van der Waals surface area (Å²) in [6.45, 7) is 8.56. The minimum Gasteiger partial charge on any atom is -0.294 e. The molecule has 4 heteroatoms. The average molecular weight is 255 g/mol. The van der Waals surface area contributed by atoms with Crippen LogP contribution in [-0.2, 0) is 24.2 Å². The van der Waals surface area contributed by atoms with E-state index in [2.05, 4.69) is 5.10 Å². The van der Waals surface area contributed by atoms with Gasteiger partial charge in [-0.25, -0.2) is 0 Å². The van der Waals surface area contributed by atoms with E-state index in [1.54, 1.807) is 6.08 Å². The van der Waals surface area contributed by atoms with Gasteiger partial charge in [0.05, 0.1) is 22.8 Å². The Labute approximate surface area is 107 Å². The van der Waals surface area contributed by atoms with Gasteiger partial charge in [0.2, 0.25) is 0 Å². The molecule has 0 aliphatic heterocycles. The van der Waals surface area contributed by atoms with E-state index in [1.807, 2.05) is 32.4 Å². The number of halogens is 1. The lowest BCUT2D eigenvalue weighted by atomic mass is 10.1. The molecule has 0 spiro atoms. The highest BCUT2D eigenvalue weighted by molar-refractivity contribution is 6.32. The van der Waals surface area contributed by atoms with E-state index in [0.29, 0.717) is 11.4 Å². The zero-order valence-electron chi connectivity index (χ0n) is 10.9. The highest BCUT2D eigenvalue weighted by Gasteiger charge is 2.16. The lowest BCUT2D eigenvalue weighted by molar-refractivity contribution is -0.114. The maximum Gasteiger partial charge on any atom is 0.161 e. The van der Waals surface area contributed by atoms with Gasteiger partial charge in [0.1, 0.15) is 0 Å². The summed E-state index contributed by atoms with van der Waals surface area (Å²) in [4.78, 5) is 11.8. The number of allylic oxidation sites excluding steroid dienone is 2. The monoisotopic (exact) mass is 254 g/mol. The molecule has 0 fully saturated rings. The first-order valence-electron chi connectivity index (χ1n) is 5.91. The van der Waals surface area contributed by atoms with Crippen LogP contribution in [0.5, 0.6) is 0 Å². The van der Waals surface area contributed by atoms with Gasteiger partial charge in [-0.05, 0) is 33.3 Å². The van der Waals surface area contributed by atoms with Gasteiger partial charge in [-0.1, -0.05) is 24.1 Å². The third-order valence-corrected chi connectivity index (χ3v) is 2.92. The molecule has 1 heterocycles. The van der Waals surface area contributed by atoms with Crippen molar-refractivity contribution < 1.29 is 4.79 Å². The molecule has 94 valence electrons. The lowest BCUT2D eigenvalue weighted by Gasteiger charge is -2.03. The van der Waals surface area contributed by atoms with E-state index in [1.165, 1.54) is 0 Å². The molecule has 0 unspecified atom stereocenters. The summed E-state index contributed by atoms with van der Waals surface area (Å²) < 4.78 is 1.82. The summed E-state index contributed by atoms with van der Waals surface area (Å²) in [6.07, 6.45) is 2.76. The van der Waals surface area contributed by atoms with Gasteiger partial charge in [-0.3, -0.25) is 9.48 Å². The Morgan fingerprint density at radius 3 is 2.53 bits per heavy atom. The average Bonchev–Trinajstić information content (AvgIpc) is 2.55. The van der Waals surface area contributed by atoms with Crippen molar-refractivity contribution in [2.24, 2.45) is 0 Å². The van der Waals surface area contributed by atoms with Crippen LogP contribution in [0.15, 0.2) is 11.6 Å². The summed E-state index contributed by atoms with van der Waals surface area (Å²) >= 11 is 6.23. The molecule has 0 aromatic carbocycles. The minimum atomic E-state index is 0.0733. The fourth-order valence-electron chi connectivity index (χ4n) is 1.72. The van der Waals surface area contributed by atoms with Crippen LogP contribution in [0.2, 0.25) is 5.02 Å². The van der Waals surface area contributed by atoms with Crippen molar-refractivity contribution in [3.63, 3.8) is 0 Å². The standard InChI is InChI=1S/C13H19ClN2O/c1-5-11-13(14)12(16(6-2)15-11)8-10(17)7-9(3)4/h7H,5-6,8H2,1-4H3. The number of hydrogen-bond donors (Lipinski definition) is 0. The van der Waals surface area contributed by atoms with Crippen LogP contribution >= 0.6 is 11.6 Å². The van der Waals surface area contributed by atoms with Gasteiger partial charge in [-0.15, -0.1) is 0 Å². The zero-order valence-corrected chi connectivity index (χ0v) is 11.6. The minimum absolute atomic E-state index is 0.0733. The third-order valence-electron chi connectivity index (χ3n) is 2.49. The fraction of sp³-hybridized carbons (Fsp3) is 0.538. The SMILES string of the molecule is CCc1nn(CC)c(CC(=O)C=C(C)C)c1Cl. The van der Waals surface area contributed by atoms with Crippen molar-refractivity contribution >= 4 is 17.4 Å². The molecule has 0 aliphatic rings. The second-order valence-electron chi connectivity index (χ2n) is 4.24. The molecule has 0 saturated heterocycles. The number of carbonyl (C=O) groups is 1. The Morgan fingerprint density at radius 1 is 1.41 bits per heavy atom. The molecule has 3 nitrogen and oxygen atoms in total. The van der Waals surface area contributed by atoms with Crippen LogP contribution in [0.1, 0.15) is 39.1 Å². The van der Waals surface area contributed by atoms with Crippen molar-refractivity contribution in [3.8, 4) is 0 Å². The van der Waals surface area contributed by atoms with Crippen molar-refractivity contribution in [1.82, 2.24) is 9.78 Å². The van der Waals surface area contributed by atoms with Crippen molar-refractivity contribution in [1.29, 1.82) is 0 Å². The quantitative estimate of drug-likeness (QED) is 0.757. The molecule has 0 radical (unpaired) electrons. The molecule has 1 aromatic rings. The highest BCUT2D eigenvalue weighted by Crippen LogP contribution is 2.22. The van der Waals surface area contributed by atoms with Crippen LogP contribution < -0.4 is 0 Å². The molecule has 1 aromatic heterocycles. The molecule has 0 aliphatic carbocycles. The van der Waals surface area contributed by atoms with E-state index in [4.69, 9.17) is 11.6 Å². The molecule has 17 heavy (non-hydrogen) atoms. The van der Waals surface area contributed by atoms with Gasteiger partial charge in [0.25, 0.3) is 0 Å². The Hall–Kier alpha value is -1.09. The molecular weight excluding hydrogens is 236 g/mol. The molecule has 1 rings (SSSR count). The summed E-state index contributed by atoms with van der Waals surface area (Å²) in [5, 5.41) is 5.03. The second-order valence-corrected chi connectivity index (χ2v) is 4.62. The molecular formula is C13H19ClN2O. The van der Waals surface area contributed by atoms with Crippen LogP contribution in [0.4, 0.5) is 0 Å². The Bertz CT molecular complexity index is 443. The Morgan fingerprint density at radius 2 is 2.06 bits per heavy atom. The largest absolute Gasteiger partial charge is 0.294 e. The number of hydrogen-bond acceptors (Lipinski definition) is 2. The second kappa shape index (κ2) is 6.01. The van der Waals surface area contributed by atoms with E-state index in [-0.39, 0.29) is 5.78 Å². The molecule has 0 atom stereocenters. The topological polar surface area (TPSA) is 34.9 Å². The number of ketones is 1. The molecule has 0 amide bonds. The van der Waals surface area contributed by atoms with Gasteiger partial charge >= 0.3 is 0 Å². The van der Waals surface area contributed by atoms with E-state index in [0.717, 1.165) is 29.9 Å². The summed E-state index contributed by atoms with van der Waals surface area (Å²) in [6, 6.07) is 0. The first-order valence-corrected chi connectivity index (χ1v) is 6.29. The number of carbonyl (C=O) groups excluding carboxylic acids is 1. The number of aromatic nitrogens is 2. The molecule has 0 saturated carbocycles. The summed E-state index contributed by atoms with van der Waals surface area (Å²) in [5.41, 5.74) is 2.70. The van der Waals surface area contributed by atoms with Crippen molar-refractivity contribution in [3.05, 3.63) is 28.1 Å². The number of rotatable bonds is 5.